The van der Waals surface area contributed by atoms with Crippen LogP contribution in [0.15, 0.2) is 97.3 Å². The number of nitrogens with one attached hydrogen (secondary N) is 4. The topological polar surface area (TPSA) is 142 Å². The van der Waals surface area contributed by atoms with E-state index >= 15 is 0 Å². The van der Waals surface area contributed by atoms with E-state index in [1.807, 2.05) is 98.7 Å². The molecule has 50 heavy (non-hydrogen) atoms. The molecule has 6 rings (SSSR count). The van der Waals surface area contributed by atoms with Gasteiger partial charge in [0, 0.05) is 23.3 Å². The molecular weight excluding hydrogens is 655 g/mol. The van der Waals surface area contributed by atoms with E-state index in [9.17, 15) is 18.0 Å². The number of benzene rings is 4. The van der Waals surface area contributed by atoms with Crippen LogP contribution in [0, 0.1) is 0 Å². The molecule has 0 bridgehead atoms. The molecule has 1 saturated heterocycles. The lowest BCUT2D eigenvalue weighted by molar-refractivity contribution is -0.0796. The first-order valence-electron chi connectivity index (χ1n) is 16.2. The predicted octanol–water partition coefficient (Wildman–Crippen LogP) is 7.44. The summed E-state index contributed by atoms with van der Waals surface area (Å²) in [5, 5.41) is 7.12. The summed E-state index contributed by atoms with van der Waals surface area (Å²) in [6.45, 7) is 6.71. The van der Waals surface area contributed by atoms with Gasteiger partial charge in [0.15, 0.2) is 5.75 Å². The second kappa shape index (κ2) is 13.9. The molecule has 1 aliphatic rings. The number of hydrogen-bond donors (Lipinski definition) is 4. The second-order valence-corrected chi connectivity index (χ2v) is 15.1. The summed E-state index contributed by atoms with van der Waals surface area (Å²) in [4.78, 5) is 32.7. The minimum Gasteiger partial charge on any atom is -0.492 e. The van der Waals surface area contributed by atoms with Crippen molar-refractivity contribution < 1.29 is 27.5 Å². The standard InChI is InChI=1S/C38H41N5O6S/c1-38(2,3)26-19-31(35(48-4)32(20-26)42-50(5,46)47)41-37(45)40-30-16-15-29(27-13-9-10-14-28(27)30)36(44)43-22-33(24-11-7-6-8-12-24)49-34(23-43)25-17-18-39-21-25/h6-21,33-34,39,42H,22-23H2,1-5H3,(H2,40,41,45). The molecule has 2 atom stereocenters. The van der Waals surface area contributed by atoms with E-state index in [4.69, 9.17) is 9.47 Å². The van der Waals surface area contributed by atoms with Crippen molar-refractivity contribution in [1.29, 1.82) is 0 Å². The lowest BCUT2D eigenvalue weighted by Gasteiger charge is -2.38. The lowest BCUT2D eigenvalue weighted by Crippen LogP contribution is -2.43. The highest BCUT2D eigenvalue weighted by Crippen LogP contribution is 2.40. The fourth-order valence-electron chi connectivity index (χ4n) is 6.19. The smallest absolute Gasteiger partial charge is 0.323 e. The Balaban J connectivity index is 1.29. The van der Waals surface area contributed by atoms with Crippen LogP contribution in [0.3, 0.4) is 0 Å². The van der Waals surface area contributed by atoms with Gasteiger partial charge in [-0.05, 0) is 57.8 Å². The number of amides is 3. The van der Waals surface area contributed by atoms with Gasteiger partial charge >= 0.3 is 6.03 Å². The molecule has 260 valence electrons. The quantitative estimate of drug-likeness (QED) is 0.133. The van der Waals surface area contributed by atoms with Crippen molar-refractivity contribution in [2.24, 2.45) is 0 Å². The molecule has 1 aromatic heterocycles. The Morgan fingerprint density at radius 3 is 2.12 bits per heavy atom. The molecule has 5 aromatic rings. The molecular formula is C38H41N5O6S. The average Bonchev–Trinajstić information content (AvgIpc) is 3.63. The van der Waals surface area contributed by atoms with Crippen LogP contribution in [0.25, 0.3) is 10.8 Å². The summed E-state index contributed by atoms with van der Waals surface area (Å²) in [5.41, 5.74) is 3.86. The molecule has 4 aromatic carbocycles. The van der Waals surface area contributed by atoms with E-state index < -0.39 is 16.1 Å². The molecule has 1 aliphatic heterocycles. The van der Waals surface area contributed by atoms with Gasteiger partial charge in [0.2, 0.25) is 10.0 Å². The maximum absolute atomic E-state index is 14.3. The van der Waals surface area contributed by atoms with Crippen LogP contribution in [0.4, 0.5) is 21.9 Å². The number of hydrogen-bond acceptors (Lipinski definition) is 6. The number of urea groups is 1. The van der Waals surface area contributed by atoms with Crippen LogP contribution in [-0.4, -0.2) is 56.7 Å². The highest BCUT2D eigenvalue weighted by Gasteiger charge is 2.34. The van der Waals surface area contributed by atoms with Gasteiger partial charge in [-0.2, -0.15) is 0 Å². The number of rotatable bonds is 8. The third-order valence-electron chi connectivity index (χ3n) is 8.66. The summed E-state index contributed by atoms with van der Waals surface area (Å²) in [5.74, 6) is 0.0262. The van der Waals surface area contributed by atoms with Crippen LogP contribution in [0.2, 0.25) is 0 Å². The number of nitrogens with zero attached hydrogens (tertiary/aromatic N) is 1. The van der Waals surface area contributed by atoms with Gasteiger partial charge < -0.3 is 30.0 Å². The Morgan fingerprint density at radius 1 is 0.840 bits per heavy atom. The number of anilines is 3. The molecule has 0 spiro atoms. The number of carbonyl (C=O) groups is 2. The summed E-state index contributed by atoms with van der Waals surface area (Å²) in [6.07, 6.45) is 4.15. The van der Waals surface area contributed by atoms with E-state index in [1.54, 1.807) is 24.3 Å². The molecule has 0 radical (unpaired) electrons. The summed E-state index contributed by atoms with van der Waals surface area (Å²) >= 11 is 0. The minimum absolute atomic E-state index is 0.142. The Kier molecular flexibility index (Phi) is 9.59. The molecule has 3 amide bonds. The van der Waals surface area contributed by atoms with Crippen LogP contribution in [0.5, 0.6) is 5.75 Å². The first kappa shape index (κ1) is 34.5. The van der Waals surface area contributed by atoms with E-state index in [2.05, 4.69) is 20.3 Å². The molecule has 2 heterocycles. The molecule has 0 saturated carbocycles. The maximum Gasteiger partial charge on any atom is 0.323 e. The third kappa shape index (κ3) is 7.61. The molecule has 12 heteroatoms. The van der Waals surface area contributed by atoms with Gasteiger partial charge in [0.25, 0.3) is 5.91 Å². The number of sulfonamides is 1. The Bertz CT molecular complexity index is 2130. The first-order chi connectivity index (χ1) is 23.8. The SMILES string of the molecule is COc1c(NC(=O)Nc2ccc(C(=O)N3CC(c4ccccc4)OC(c4cc[nH]c4)C3)c3ccccc23)cc(C(C)(C)C)cc1NS(C)(=O)=O. The maximum atomic E-state index is 14.3. The number of aromatic nitrogens is 1. The van der Waals surface area contributed by atoms with Gasteiger partial charge in [-0.1, -0.05) is 75.4 Å². The Labute approximate surface area is 292 Å². The number of H-pyrrole nitrogens is 1. The van der Waals surface area contributed by atoms with Crippen LogP contribution >= 0.6 is 0 Å². The van der Waals surface area contributed by atoms with Gasteiger partial charge in [-0.25, -0.2) is 13.2 Å². The van der Waals surface area contributed by atoms with Crippen molar-refractivity contribution in [2.45, 2.75) is 38.4 Å². The largest absolute Gasteiger partial charge is 0.492 e. The van der Waals surface area contributed by atoms with Crippen LogP contribution < -0.4 is 20.1 Å². The van der Waals surface area contributed by atoms with Gasteiger partial charge in [0.05, 0.1) is 43.5 Å². The number of methoxy groups -OCH3 is 1. The van der Waals surface area contributed by atoms with Crippen LogP contribution in [-0.2, 0) is 20.2 Å². The van der Waals surface area contributed by atoms with Gasteiger partial charge in [-0.3, -0.25) is 9.52 Å². The fraction of sp³-hybridized carbons (Fsp3) is 0.263. The normalized spacial score (nSPS) is 16.5. The minimum atomic E-state index is -3.64. The predicted molar refractivity (Wildman–Crippen MR) is 196 cm³/mol. The Morgan fingerprint density at radius 2 is 1.48 bits per heavy atom. The van der Waals surface area contributed by atoms with Crippen LogP contribution in [0.1, 0.15) is 60.0 Å². The zero-order valence-electron chi connectivity index (χ0n) is 28.6. The summed E-state index contributed by atoms with van der Waals surface area (Å²) in [7, 11) is -2.23. The first-order valence-corrected chi connectivity index (χ1v) is 18.1. The van der Waals surface area contributed by atoms with E-state index in [0.29, 0.717) is 35.1 Å². The van der Waals surface area contributed by atoms with Crippen molar-refractivity contribution in [3.63, 3.8) is 0 Å². The lowest BCUT2D eigenvalue weighted by atomic mass is 9.86. The van der Waals surface area contributed by atoms with Gasteiger partial charge in [-0.15, -0.1) is 0 Å². The van der Waals surface area contributed by atoms with E-state index in [0.717, 1.165) is 22.9 Å². The van der Waals surface area contributed by atoms with Crippen molar-refractivity contribution in [3.05, 3.63) is 120 Å². The number of carbonyl (C=O) groups excluding carboxylic acids is 2. The average molecular weight is 696 g/mol. The van der Waals surface area contributed by atoms with Crippen molar-refractivity contribution in [1.82, 2.24) is 9.88 Å². The number of fused-ring (bicyclic) bond motifs is 1. The number of morpholine rings is 1. The Hall–Kier alpha value is -5.33. The van der Waals surface area contributed by atoms with Crippen molar-refractivity contribution >= 4 is 49.8 Å². The molecule has 1 fully saturated rings. The van der Waals surface area contributed by atoms with E-state index in [-0.39, 0.29) is 40.7 Å². The third-order valence-corrected chi connectivity index (χ3v) is 9.25. The highest BCUT2D eigenvalue weighted by molar-refractivity contribution is 7.92. The monoisotopic (exact) mass is 695 g/mol. The molecule has 11 nitrogen and oxygen atoms in total. The highest BCUT2D eigenvalue weighted by atomic mass is 32.2. The molecule has 4 N–H and O–H groups in total. The summed E-state index contributed by atoms with van der Waals surface area (Å²) < 4.78 is 38.9. The second-order valence-electron chi connectivity index (χ2n) is 13.4. The fourth-order valence-corrected chi connectivity index (χ4v) is 6.74. The van der Waals surface area contributed by atoms with Crippen molar-refractivity contribution in [3.8, 4) is 5.75 Å². The zero-order valence-corrected chi connectivity index (χ0v) is 29.4. The van der Waals surface area contributed by atoms with Crippen molar-refractivity contribution in [2.75, 3.05) is 41.8 Å². The number of ether oxygens (including phenoxy) is 2. The van der Waals surface area contributed by atoms with E-state index in [1.165, 1.54) is 7.11 Å². The molecule has 0 aliphatic carbocycles. The zero-order chi connectivity index (χ0) is 35.6. The summed E-state index contributed by atoms with van der Waals surface area (Å²) in [6, 6.07) is 25.6. The number of aromatic amines is 1. The van der Waals surface area contributed by atoms with Gasteiger partial charge in [0.1, 0.15) is 12.2 Å². The molecule has 2 unspecified atom stereocenters.